The number of aryl methyl sites for hydroxylation is 1. The first-order valence-corrected chi connectivity index (χ1v) is 10.5. The highest BCUT2D eigenvalue weighted by molar-refractivity contribution is 5.89. The van der Waals surface area contributed by atoms with Gasteiger partial charge in [-0.15, -0.1) is 0 Å². The van der Waals surface area contributed by atoms with E-state index in [-0.39, 0.29) is 23.8 Å². The summed E-state index contributed by atoms with van der Waals surface area (Å²) in [5.41, 5.74) is 2.12. The van der Waals surface area contributed by atoms with Crippen molar-refractivity contribution in [2.24, 2.45) is 0 Å². The van der Waals surface area contributed by atoms with Crippen LogP contribution in [-0.2, 0) is 16.0 Å². The zero-order valence-electron chi connectivity index (χ0n) is 17.9. The lowest BCUT2D eigenvalue weighted by atomic mass is 9.96. The zero-order chi connectivity index (χ0) is 22.2. The highest BCUT2D eigenvalue weighted by atomic mass is 16.6. The Balaban J connectivity index is 2.09. The first-order valence-electron chi connectivity index (χ1n) is 10.5. The number of methoxy groups -OCH3 is 1. The van der Waals surface area contributed by atoms with Crippen LogP contribution >= 0.6 is 0 Å². The first kappa shape index (κ1) is 22.3. The van der Waals surface area contributed by atoms with Crippen LogP contribution in [0.3, 0.4) is 0 Å². The van der Waals surface area contributed by atoms with Crippen LogP contribution < -0.4 is 4.74 Å². The molecule has 0 N–H and O–H groups in total. The molecule has 31 heavy (non-hydrogen) atoms. The molecule has 0 atom stereocenters. The number of carbonyl (C=O) groups is 1. The fraction of sp³-hybridized carbons (Fsp3) is 0.320. The van der Waals surface area contributed by atoms with Gasteiger partial charge in [0.2, 0.25) is 5.75 Å². The fourth-order valence-electron chi connectivity index (χ4n) is 3.55. The van der Waals surface area contributed by atoms with Crippen molar-refractivity contribution >= 4 is 22.4 Å². The number of hydrogen-bond donors (Lipinski definition) is 0. The van der Waals surface area contributed by atoms with Crippen molar-refractivity contribution in [1.29, 1.82) is 0 Å². The van der Waals surface area contributed by atoms with E-state index in [0.717, 1.165) is 35.6 Å². The molecule has 0 aliphatic heterocycles. The Morgan fingerprint density at radius 2 is 1.81 bits per heavy atom. The van der Waals surface area contributed by atoms with Crippen molar-refractivity contribution in [3.8, 4) is 16.9 Å². The second kappa shape index (κ2) is 10.6. The Morgan fingerprint density at radius 3 is 2.52 bits per heavy atom. The summed E-state index contributed by atoms with van der Waals surface area (Å²) >= 11 is 0. The van der Waals surface area contributed by atoms with E-state index in [4.69, 9.17) is 9.47 Å². The Kier molecular flexibility index (Phi) is 7.60. The van der Waals surface area contributed by atoms with Gasteiger partial charge >= 0.3 is 11.7 Å². The van der Waals surface area contributed by atoms with Gasteiger partial charge in [0.05, 0.1) is 18.6 Å². The summed E-state index contributed by atoms with van der Waals surface area (Å²) in [6, 6.07) is 17.3. The van der Waals surface area contributed by atoms with Gasteiger partial charge in [-0.25, -0.2) is 0 Å². The predicted octanol–water partition coefficient (Wildman–Crippen LogP) is 6.09. The van der Waals surface area contributed by atoms with Gasteiger partial charge in [-0.1, -0.05) is 56.2 Å². The second-order valence-electron chi connectivity index (χ2n) is 7.44. The van der Waals surface area contributed by atoms with Crippen molar-refractivity contribution < 1.29 is 19.2 Å². The average molecular weight is 421 g/mol. The van der Waals surface area contributed by atoms with E-state index in [1.807, 2.05) is 48.5 Å². The largest absolute Gasteiger partial charge is 0.486 e. The number of carbonyl (C=O) groups excluding carboxylic acids is 1. The molecular formula is C25H27NO5. The molecule has 6 nitrogen and oxygen atoms in total. The van der Waals surface area contributed by atoms with Crippen molar-refractivity contribution in [3.63, 3.8) is 0 Å². The number of hydrogen-bond acceptors (Lipinski definition) is 5. The summed E-state index contributed by atoms with van der Waals surface area (Å²) in [7, 11) is 1.33. The third kappa shape index (κ3) is 5.60. The molecule has 0 bridgehead atoms. The van der Waals surface area contributed by atoms with Gasteiger partial charge in [-0.05, 0) is 46.9 Å². The number of nitro benzene ring substituents is 1. The smallest absolute Gasteiger partial charge is 0.311 e. The summed E-state index contributed by atoms with van der Waals surface area (Å²) in [5.74, 6) is -0.0759. The fourth-order valence-corrected chi connectivity index (χ4v) is 3.55. The number of rotatable bonds is 10. The van der Waals surface area contributed by atoms with Gasteiger partial charge in [0.25, 0.3) is 0 Å². The number of fused-ring (bicyclic) bond motifs is 1. The van der Waals surface area contributed by atoms with Crippen LogP contribution in [0.25, 0.3) is 21.9 Å². The topological polar surface area (TPSA) is 78.7 Å². The van der Waals surface area contributed by atoms with Crippen LogP contribution in [0.2, 0.25) is 0 Å². The lowest BCUT2D eigenvalue weighted by molar-refractivity contribution is -0.385. The Labute approximate surface area is 181 Å². The van der Waals surface area contributed by atoms with Crippen LogP contribution in [-0.4, -0.2) is 24.6 Å². The zero-order valence-corrected chi connectivity index (χ0v) is 17.9. The minimum absolute atomic E-state index is 0.0815. The minimum Gasteiger partial charge on any atom is -0.486 e. The molecule has 0 radical (unpaired) electrons. The van der Waals surface area contributed by atoms with E-state index >= 15 is 0 Å². The van der Waals surface area contributed by atoms with Crippen molar-refractivity contribution in [2.75, 3.05) is 13.7 Å². The molecular weight excluding hydrogens is 394 g/mol. The third-order valence-corrected chi connectivity index (χ3v) is 5.23. The molecule has 3 aromatic carbocycles. The molecule has 6 heteroatoms. The maximum absolute atomic E-state index is 11.9. The van der Waals surface area contributed by atoms with Gasteiger partial charge in [0.15, 0.2) is 0 Å². The van der Waals surface area contributed by atoms with Gasteiger partial charge in [0, 0.05) is 18.1 Å². The molecule has 0 saturated carbocycles. The summed E-state index contributed by atoms with van der Waals surface area (Å²) in [4.78, 5) is 23.1. The van der Waals surface area contributed by atoms with Crippen LogP contribution in [0.1, 0.15) is 38.2 Å². The number of unbranched alkanes of at least 4 members (excludes halogenated alkanes) is 2. The monoisotopic (exact) mass is 421 g/mol. The highest BCUT2D eigenvalue weighted by Crippen LogP contribution is 2.40. The van der Waals surface area contributed by atoms with Gasteiger partial charge in [-0.3, -0.25) is 14.9 Å². The van der Waals surface area contributed by atoms with Crippen LogP contribution in [0, 0.1) is 10.1 Å². The van der Waals surface area contributed by atoms with Crippen molar-refractivity contribution in [1.82, 2.24) is 0 Å². The van der Waals surface area contributed by atoms with E-state index in [0.29, 0.717) is 24.2 Å². The maximum Gasteiger partial charge on any atom is 0.311 e. The molecule has 0 aliphatic carbocycles. The predicted molar refractivity (Wildman–Crippen MR) is 121 cm³/mol. The van der Waals surface area contributed by atoms with Crippen LogP contribution in [0.15, 0.2) is 54.6 Å². The molecule has 0 heterocycles. The number of esters is 1. The lowest BCUT2D eigenvalue weighted by Gasteiger charge is -2.15. The first-order chi connectivity index (χ1) is 15.0. The molecule has 0 spiro atoms. The summed E-state index contributed by atoms with van der Waals surface area (Å²) in [5, 5.41) is 14.0. The molecule has 0 fully saturated rings. The minimum atomic E-state index is -0.415. The Bertz CT molecular complexity index is 1080. The van der Waals surface area contributed by atoms with Crippen molar-refractivity contribution in [2.45, 2.75) is 39.0 Å². The molecule has 3 aromatic rings. The molecule has 162 valence electrons. The molecule has 0 unspecified atom stereocenters. The quantitative estimate of drug-likeness (QED) is 0.171. The molecule has 0 saturated heterocycles. The molecule has 0 amide bonds. The normalized spacial score (nSPS) is 10.8. The van der Waals surface area contributed by atoms with Crippen molar-refractivity contribution in [3.05, 3.63) is 70.3 Å². The average Bonchev–Trinajstić information content (AvgIpc) is 2.79. The standard InChI is InChI=1S/C25H27NO5/c1-3-4-7-14-31-25-22(21-12-11-19-8-5-6-9-20(19)17-21)15-18(10-13-24(27)30-2)16-23(25)26(28)29/h5-6,8-9,11-12,15-17H,3-4,7,10,13-14H2,1-2H3. The van der Waals surface area contributed by atoms with E-state index in [1.54, 1.807) is 0 Å². The summed E-state index contributed by atoms with van der Waals surface area (Å²) < 4.78 is 10.7. The van der Waals surface area contributed by atoms with E-state index in [9.17, 15) is 14.9 Å². The van der Waals surface area contributed by atoms with Gasteiger partial charge in [0.1, 0.15) is 0 Å². The van der Waals surface area contributed by atoms with E-state index < -0.39 is 4.92 Å². The summed E-state index contributed by atoms with van der Waals surface area (Å²) in [6.45, 7) is 2.51. The second-order valence-corrected chi connectivity index (χ2v) is 7.44. The van der Waals surface area contributed by atoms with Gasteiger partial charge in [-0.2, -0.15) is 0 Å². The number of nitro groups is 1. The summed E-state index contributed by atoms with van der Waals surface area (Å²) in [6.07, 6.45) is 3.37. The third-order valence-electron chi connectivity index (χ3n) is 5.23. The van der Waals surface area contributed by atoms with Crippen LogP contribution in [0.5, 0.6) is 5.75 Å². The SMILES string of the molecule is CCCCCOc1c(-c2ccc3ccccc3c2)cc(CCC(=O)OC)cc1[N+](=O)[O-]. The van der Waals surface area contributed by atoms with E-state index in [1.165, 1.54) is 13.2 Å². The molecule has 0 aromatic heterocycles. The van der Waals surface area contributed by atoms with E-state index in [2.05, 4.69) is 6.92 Å². The van der Waals surface area contributed by atoms with Crippen LogP contribution in [0.4, 0.5) is 5.69 Å². The Morgan fingerprint density at radius 1 is 1.03 bits per heavy atom. The highest BCUT2D eigenvalue weighted by Gasteiger charge is 2.23. The molecule has 3 rings (SSSR count). The maximum atomic E-state index is 11.9. The number of ether oxygens (including phenoxy) is 2. The Hall–Kier alpha value is -3.41. The van der Waals surface area contributed by atoms with Gasteiger partial charge < -0.3 is 9.47 Å². The number of benzene rings is 3. The molecule has 0 aliphatic rings. The number of nitrogens with zero attached hydrogens (tertiary/aromatic N) is 1. The lowest BCUT2D eigenvalue weighted by Crippen LogP contribution is -2.05.